The summed E-state index contributed by atoms with van der Waals surface area (Å²) in [6, 6.07) is 5.88. The van der Waals surface area contributed by atoms with E-state index in [1.807, 2.05) is 32.0 Å². The van der Waals surface area contributed by atoms with Crippen molar-refractivity contribution in [2.24, 2.45) is 4.99 Å². The van der Waals surface area contributed by atoms with E-state index in [1.54, 1.807) is 7.11 Å². The molecular formula is C21H32N4O3. The molecule has 2 N–H and O–H groups in total. The molecule has 0 radical (unpaired) electrons. The van der Waals surface area contributed by atoms with Gasteiger partial charge in [-0.25, -0.2) is 4.99 Å². The molecule has 1 heterocycles. The zero-order valence-corrected chi connectivity index (χ0v) is 17.6. The second kappa shape index (κ2) is 11.2. The summed E-state index contributed by atoms with van der Waals surface area (Å²) in [6.07, 6.45) is 1.67. The minimum Gasteiger partial charge on any atom is -0.493 e. The number of aryl methyl sites for hydroxylation is 2. The molecule has 0 fully saturated rings. The van der Waals surface area contributed by atoms with E-state index in [0.717, 1.165) is 59.4 Å². The van der Waals surface area contributed by atoms with E-state index in [1.165, 1.54) is 0 Å². The maximum Gasteiger partial charge on any atom is 0.191 e. The van der Waals surface area contributed by atoms with Gasteiger partial charge < -0.3 is 24.6 Å². The standard InChI is InChI=1S/C21H32N4O3/c1-6-17-16(18(7-2)28-25-17)14-24-21(22-8-3)23-13-15-10-11-19(26-5)20(12-15)27-9-4/h10-12H,6-9,13-14H2,1-5H3,(H2,22,23,24). The Morgan fingerprint density at radius 1 is 1.11 bits per heavy atom. The fourth-order valence-electron chi connectivity index (χ4n) is 2.91. The van der Waals surface area contributed by atoms with E-state index in [-0.39, 0.29) is 0 Å². The summed E-state index contributed by atoms with van der Waals surface area (Å²) >= 11 is 0. The molecule has 0 aliphatic carbocycles. The van der Waals surface area contributed by atoms with E-state index >= 15 is 0 Å². The highest BCUT2D eigenvalue weighted by Crippen LogP contribution is 2.28. The Morgan fingerprint density at radius 2 is 1.93 bits per heavy atom. The molecule has 0 saturated carbocycles. The molecule has 0 amide bonds. The summed E-state index contributed by atoms with van der Waals surface area (Å²) in [5, 5.41) is 10.8. The number of nitrogens with zero attached hydrogens (tertiary/aromatic N) is 2. The second-order valence-corrected chi connectivity index (χ2v) is 6.21. The van der Waals surface area contributed by atoms with Crippen molar-refractivity contribution in [2.45, 2.75) is 53.6 Å². The fourth-order valence-corrected chi connectivity index (χ4v) is 2.91. The Hall–Kier alpha value is -2.70. The molecule has 0 atom stereocenters. The van der Waals surface area contributed by atoms with Gasteiger partial charge in [0.15, 0.2) is 17.5 Å². The van der Waals surface area contributed by atoms with Crippen LogP contribution in [0.5, 0.6) is 11.5 Å². The topological polar surface area (TPSA) is 80.9 Å². The first-order valence-electron chi connectivity index (χ1n) is 9.94. The van der Waals surface area contributed by atoms with E-state index in [0.29, 0.717) is 19.7 Å². The predicted octanol–water partition coefficient (Wildman–Crippen LogP) is 3.46. The number of methoxy groups -OCH3 is 1. The number of benzene rings is 1. The van der Waals surface area contributed by atoms with Gasteiger partial charge in [0.25, 0.3) is 0 Å². The van der Waals surface area contributed by atoms with Crippen molar-refractivity contribution in [1.82, 2.24) is 15.8 Å². The predicted molar refractivity (Wildman–Crippen MR) is 111 cm³/mol. The van der Waals surface area contributed by atoms with Gasteiger partial charge in [-0.3, -0.25) is 0 Å². The Labute approximate surface area is 167 Å². The summed E-state index contributed by atoms with van der Waals surface area (Å²) in [5.74, 6) is 3.14. The average molecular weight is 389 g/mol. The number of aliphatic imine (C=N–C) groups is 1. The Kier molecular flexibility index (Phi) is 8.65. The van der Waals surface area contributed by atoms with Crippen molar-refractivity contribution in [3.63, 3.8) is 0 Å². The third-order valence-electron chi connectivity index (χ3n) is 4.33. The summed E-state index contributed by atoms with van der Waals surface area (Å²) in [6.45, 7) is 10.7. The zero-order chi connectivity index (χ0) is 20.4. The van der Waals surface area contributed by atoms with Crippen molar-refractivity contribution >= 4 is 5.96 Å². The van der Waals surface area contributed by atoms with Gasteiger partial charge in [0.1, 0.15) is 5.76 Å². The molecule has 1 aromatic carbocycles. The Morgan fingerprint density at radius 3 is 2.57 bits per heavy atom. The average Bonchev–Trinajstić information content (AvgIpc) is 3.12. The quantitative estimate of drug-likeness (QED) is 0.479. The molecule has 1 aromatic heterocycles. The zero-order valence-electron chi connectivity index (χ0n) is 17.6. The lowest BCUT2D eigenvalue weighted by Gasteiger charge is -2.13. The number of aromatic nitrogens is 1. The maximum absolute atomic E-state index is 5.65. The number of hydrogen-bond donors (Lipinski definition) is 2. The lowest BCUT2D eigenvalue weighted by Crippen LogP contribution is -2.37. The van der Waals surface area contributed by atoms with Crippen LogP contribution in [0.15, 0.2) is 27.7 Å². The lowest BCUT2D eigenvalue weighted by atomic mass is 10.1. The molecular weight excluding hydrogens is 356 g/mol. The fraction of sp³-hybridized carbons (Fsp3) is 0.524. The molecule has 0 aliphatic rings. The second-order valence-electron chi connectivity index (χ2n) is 6.21. The van der Waals surface area contributed by atoms with Gasteiger partial charge in [0.2, 0.25) is 0 Å². The summed E-state index contributed by atoms with van der Waals surface area (Å²) < 4.78 is 16.4. The molecule has 0 unspecified atom stereocenters. The maximum atomic E-state index is 5.65. The molecule has 0 aliphatic heterocycles. The first-order valence-corrected chi connectivity index (χ1v) is 9.94. The number of hydrogen-bond acceptors (Lipinski definition) is 5. The van der Waals surface area contributed by atoms with Crippen molar-refractivity contribution in [3.05, 3.63) is 40.8 Å². The number of ether oxygens (including phenoxy) is 2. The van der Waals surface area contributed by atoms with Crippen LogP contribution in [-0.4, -0.2) is 31.4 Å². The first-order chi connectivity index (χ1) is 13.7. The van der Waals surface area contributed by atoms with Crippen molar-refractivity contribution < 1.29 is 14.0 Å². The van der Waals surface area contributed by atoms with Crippen LogP contribution >= 0.6 is 0 Å². The van der Waals surface area contributed by atoms with E-state index in [9.17, 15) is 0 Å². The van der Waals surface area contributed by atoms with E-state index < -0.39 is 0 Å². The molecule has 7 nitrogen and oxygen atoms in total. The highest BCUT2D eigenvalue weighted by Gasteiger charge is 2.13. The molecule has 0 bridgehead atoms. The normalized spacial score (nSPS) is 11.4. The van der Waals surface area contributed by atoms with Gasteiger partial charge in [0, 0.05) is 25.1 Å². The van der Waals surface area contributed by atoms with Gasteiger partial charge >= 0.3 is 0 Å². The number of guanidine groups is 1. The van der Waals surface area contributed by atoms with Crippen molar-refractivity contribution in [2.75, 3.05) is 20.3 Å². The largest absolute Gasteiger partial charge is 0.493 e. The van der Waals surface area contributed by atoms with Crippen molar-refractivity contribution in [1.29, 1.82) is 0 Å². The first kappa shape index (κ1) is 21.6. The van der Waals surface area contributed by atoms with Gasteiger partial charge in [-0.15, -0.1) is 0 Å². The summed E-state index contributed by atoms with van der Waals surface area (Å²) in [7, 11) is 1.64. The molecule has 0 saturated heterocycles. The lowest BCUT2D eigenvalue weighted by molar-refractivity contribution is 0.310. The number of nitrogens with one attached hydrogen (secondary N) is 2. The van der Waals surface area contributed by atoms with E-state index in [4.69, 9.17) is 19.0 Å². The van der Waals surface area contributed by atoms with Crippen molar-refractivity contribution in [3.8, 4) is 11.5 Å². The minimum atomic E-state index is 0.532. The van der Waals surface area contributed by atoms with Crippen LogP contribution in [0.3, 0.4) is 0 Å². The molecule has 7 heteroatoms. The van der Waals surface area contributed by atoms with Gasteiger partial charge in [0.05, 0.1) is 26.0 Å². The van der Waals surface area contributed by atoms with Gasteiger partial charge in [-0.05, 0) is 38.0 Å². The molecule has 154 valence electrons. The molecule has 2 rings (SSSR count). The van der Waals surface area contributed by atoms with Crippen LogP contribution in [0, 0.1) is 0 Å². The van der Waals surface area contributed by atoms with Crippen LogP contribution in [0.4, 0.5) is 0 Å². The van der Waals surface area contributed by atoms with Crippen LogP contribution in [0.1, 0.15) is 50.3 Å². The third-order valence-corrected chi connectivity index (χ3v) is 4.33. The third kappa shape index (κ3) is 5.65. The molecule has 2 aromatic rings. The SMILES string of the molecule is CCNC(=NCc1ccc(OC)c(OCC)c1)NCc1c(CC)noc1CC. The van der Waals surface area contributed by atoms with Crippen LogP contribution in [0.25, 0.3) is 0 Å². The number of rotatable bonds is 10. The Bertz CT molecular complexity index is 750. The monoisotopic (exact) mass is 388 g/mol. The van der Waals surface area contributed by atoms with Gasteiger partial charge in [-0.1, -0.05) is 25.1 Å². The summed E-state index contributed by atoms with van der Waals surface area (Å²) in [4.78, 5) is 4.70. The highest BCUT2D eigenvalue weighted by atomic mass is 16.5. The van der Waals surface area contributed by atoms with Crippen LogP contribution in [0.2, 0.25) is 0 Å². The van der Waals surface area contributed by atoms with Gasteiger partial charge in [-0.2, -0.15) is 0 Å². The minimum absolute atomic E-state index is 0.532. The smallest absolute Gasteiger partial charge is 0.191 e. The molecule has 0 spiro atoms. The highest BCUT2D eigenvalue weighted by molar-refractivity contribution is 5.79. The van der Waals surface area contributed by atoms with E-state index in [2.05, 4.69) is 29.6 Å². The summed E-state index contributed by atoms with van der Waals surface area (Å²) in [5.41, 5.74) is 3.17. The van der Waals surface area contributed by atoms with Crippen LogP contribution in [-0.2, 0) is 25.9 Å². The van der Waals surface area contributed by atoms with Crippen LogP contribution < -0.4 is 20.1 Å². The Balaban J connectivity index is 2.10. The molecule has 28 heavy (non-hydrogen) atoms.